The quantitative estimate of drug-likeness (QED) is 0.857. The molecule has 96 valence electrons. The van der Waals surface area contributed by atoms with Crippen LogP contribution in [0.3, 0.4) is 0 Å². The van der Waals surface area contributed by atoms with Gasteiger partial charge in [-0.2, -0.15) is 0 Å². The van der Waals surface area contributed by atoms with Gasteiger partial charge in [-0.25, -0.2) is 0 Å². The minimum atomic E-state index is -0.370. The molecular formula is C15H18O2S. The molecule has 0 radical (unpaired) electrons. The van der Waals surface area contributed by atoms with Gasteiger partial charge in [-0.3, -0.25) is 0 Å². The standard InChI is InChI=1S/C15H18O2S/c1-2-15(16)12-5-7-13(8-6-12)17-10-9-14-4-3-11-18-14/h3-8,11,15-16H,2,9-10H2,1H3/t15-/m1/s1. The summed E-state index contributed by atoms with van der Waals surface area (Å²) >= 11 is 1.75. The van der Waals surface area contributed by atoms with E-state index in [1.54, 1.807) is 11.3 Å². The minimum Gasteiger partial charge on any atom is -0.493 e. The molecule has 1 aromatic heterocycles. The van der Waals surface area contributed by atoms with E-state index in [1.807, 2.05) is 31.2 Å². The summed E-state index contributed by atoms with van der Waals surface area (Å²) in [6, 6.07) is 11.9. The molecule has 0 saturated carbocycles. The van der Waals surface area contributed by atoms with Crippen molar-refractivity contribution in [2.75, 3.05) is 6.61 Å². The van der Waals surface area contributed by atoms with Crippen molar-refractivity contribution in [1.29, 1.82) is 0 Å². The fourth-order valence-electron chi connectivity index (χ4n) is 1.75. The Hall–Kier alpha value is -1.32. The maximum absolute atomic E-state index is 9.68. The Labute approximate surface area is 112 Å². The third-order valence-electron chi connectivity index (χ3n) is 2.85. The molecule has 1 heterocycles. The van der Waals surface area contributed by atoms with Crippen LogP contribution in [-0.2, 0) is 6.42 Å². The number of aliphatic hydroxyl groups is 1. The highest BCUT2D eigenvalue weighted by Crippen LogP contribution is 2.20. The van der Waals surface area contributed by atoms with E-state index < -0.39 is 0 Å². The molecule has 2 aromatic rings. The van der Waals surface area contributed by atoms with Crippen LogP contribution in [-0.4, -0.2) is 11.7 Å². The van der Waals surface area contributed by atoms with Crippen molar-refractivity contribution in [1.82, 2.24) is 0 Å². The maximum Gasteiger partial charge on any atom is 0.119 e. The SMILES string of the molecule is CC[C@@H](O)c1ccc(OCCc2cccs2)cc1. The van der Waals surface area contributed by atoms with E-state index in [0.29, 0.717) is 6.61 Å². The van der Waals surface area contributed by atoms with Gasteiger partial charge < -0.3 is 9.84 Å². The van der Waals surface area contributed by atoms with Crippen LogP contribution in [0.1, 0.15) is 29.9 Å². The van der Waals surface area contributed by atoms with E-state index in [1.165, 1.54) is 4.88 Å². The van der Waals surface area contributed by atoms with Crippen LogP contribution in [0.15, 0.2) is 41.8 Å². The molecule has 0 saturated heterocycles. The van der Waals surface area contributed by atoms with Crippen molar-refractivity contribution in [3.63, 3.8) is 0 Å². The van der Waals surface area contributed by atoms with Gasteiger partial charge >= 0.3 is 0 Å². The second-order valence-electron chi connectivity index (χ2n) is 4.17. The monoisotopic (exact) mass is 262 g/mol. The number of hydrogen-bond acceptors (Lipinski definition) is 3. The second-order valence-corrected chi connectivity index (χ2v) is 5.20. The summed E-state index contributed by atoms with van der Waals surface area (Å²) in [5.41, 5.74) is 0.947. The Morgan fingerprint density at radius 1 is 1.22 bits per heavy atom. The molecule has 1 aromatic carbocycles. The molecule has 1 atom stereocenters. The lowest BCUT2D eigenvalue weighted by atomic mass is 10.1. The van der Waals surface area contributed by atoms with E-state index in [9.17, 15) is 5.11 Å². The van der Waals surface area contributed by atoms with Crippen LogP contribution in [0.25, 0.3) is 0 Å². The van der Waals surface area contributed by atoms with Gasteiger partial charge in [0.25, 0.3) is 0 Å². The fraction of sp³-hybridized carbons (Fsp3) is 0.333. The molecule has 0 amide bonds. The zero-order valence-electron chi connectivity index (χ0n) is 10.5. The Morgan fingerprint density at radius 3 is 2.61 bits per heavy atom. The summed E-state index contributed by atoms with van der Waals surface area (Å²) in [5.74, 6) is 0.860. The second kappa shape index (κ2) is 6.57. The number of benzene rings is 1. The Kier molecular flexibility index (Phi) is 4.79. The van der Waals surface area contributed by atoms with Gasteiger partial charge in [-0.1, -0.05) is 25.1 Å². The largest absolute Gasteiger partial charge is 0.493 e. The van der Waals surface area contributed by atoms with Crippen molar-refractivity contribution < 1.29 is 9.84 Å². The summed E-state index contributed by atoms with van der Waals surface area (Å²) in [6.45, 7) is 2.66. The molecule has 0 aliphatic rings. The van der Waals surface area contributed by atoms with E-state index in [4.69, 9.17) is 4.74 Å². The first-order valence-electron chi connectivity index (χ1n) is 6.23. The molecule has 2 rings (SSSR count). The number of rotatable bonds is 6. The average molecular weight is 262 g/mol. The molecule has 0 spiro atoms. The lowest BCUT2D eigenvalue weighted by Crippen LogP contribution is -2.00. The fourth-order valence-corrected chi connectivity index (χ4v) is 2.44. The smallest absolute Gasteiger partial charge is 0.119 e. The molecule has 18 heavy (non-hydrogen) atoms. The Balaban J connectivity index is 1.83. The molecule has 0 aliphatic carbocycles. The van der Waals surface area contributed by atoms with Gasteiger partial charge in [0, 0.05) is 11.3 Å². The van der Waals surface area contributed by atoms with E-state index in [2.05, 4.69) is 17.5 Å². The number of hydrogen-bond donors (Lipinski definition) is 1. The maximum atomic E-state index is 9.68. The first-order valence-corrected chi connectivity index (χ1v) is 7.10. The van der Waals surface area contributed by atoms with Gasteiger partial charge in [0.2, 0.25) is 0 Å². The molecule has 1 N–H and O–H groups in total. The first-order chi connectivity index (χ1) is 8.79. The topological polar surface area (TPSA) is 29.5 Å². The normalized spacial score (nSPS) is 12.3. The van der Waals surface area contributed by atoms with Crippen LogP contribution in [0.2, 0.25) is 0 Å². The Bertz CT molecular complexity index is 448. The molecule has 0 aliphatic heterocycles. The predicted molar refractivity (Wildman–Crippen MR) is 75.2 cm³/mol. The van der Waals surface area contributed by atoms with Gasteiger partial charge in [0.15, 0.2) is 0 Å². The van der Waals surface area contributed by atoms with E-state index in [0.717, 1.165) is 24.2 Å². The molecule has 2 nitrogen and oxygen atoms in total. The zero-order chi connectivity index (χ0) is 12.8. The van der Waals surface area contributed by atoms with Crippen molar-refractivity contribution in [2.45, 2.75) is 25.9 Å². The molecular weight excluding hydrogens is 244 g/mol. The van der Waals surface area contributed by atoms with Gasteiger partial charge in [0.1, 0.15) is 5.75 Å². The summed E-state index contributed by atoms with van der Waals surface area (Å²) in [4.78, 5) is 1.34. The minimum absolute atomic E-state index is 0.370. The van der Waals surface area contributed by atoms with E-state index in [-0.39, 0.29) is 6.10 Å². The zero-order valence-corrected chi connectivity index (χ0v) is 11.3. The van der Waals surface area contributed by atoms with E-state index >= 15 is 0 Å². The average Bonchev–Trinajstić information content (AvgIpc) is 2.92. The van der Waals surface area contributed by atoms with Crippen molar-refractivity contribution >= 4 is 11.3 Å². The summed E-state index contributed by atoms with van der Waals surface area (Å²) in [6.07, 6.45) is 1.31. The van der Waals surface area contributed by atoms with Gasteiger partial charge in [0.05, 0.1) is 12.7 Å². The molecule has 3 heteroatoms. The van der Waals surface area contributed by atoms with Crippen molar-refractivity contribution in [3.05, 3.63) is 52.2 Å². The van der Waals surface area contributed by atoms with Crippen molar-refractivity contribution in [2.24, 2.45) is 0 Å². The van der Waals surface area contributed by atoms with Crippen LogP contribution < -0.4 is 4.74 Å². The number of aliphatic hydroxyl groups excluding tert-OH is 1. The first kappa shape index (κ1) is 13.1. The molecule has 0 bridgehead atoms. The van der Waals surface area contributed by atoms with Crippen LogP contribution in [0, 0.1) is 0 Å². The lowest BCUT2D eigenvalue weighted by molar-refractivity contribution is 0.173. The highest BCUT2D eigenvalue weighted by molar-refractivity contribution is 7.09. The molecule has 0 fully saturated rings. The third kappa shape index (κ3) is 3.59. The van der Waals surface area contributed by atoms with Crippen LogP contribution in [0.5, 0.6) is 5.75 Å². The highest BCUT2D eigenvalue weighted by Gasteiger charge is 2.04. The number of thiophene rings is 1. The van der Waals surface area contributed by atoms with Gasteiger partial charge in [-0.15, -0.1) is 11.3 Å². The highest BCUT2D eigenvalue weighted by atomic mass is 32.1. The van der Waals surface area contributed by atoms with Crippen molar-refractivity contribution in [3.8, 4) is 5.75 Å². The summed E-state index contributed by atoms with van der Waals surface area (Å²) in [7, 11) is 0. The third-order valence-corrected chi connectivity index (χ3v) is 3.79. The van der Waals surface area contributed by atoms with Gasteiger partial charge in [-0.05, 0) is 35.6 Å². The summed E-state index contributed by atoms with van der Waals surface area (Å²) in [5, 5.41) is 11.8. The predicted octanol–water partition coefficient (Wildman–Crippen LogP) is 3.81. The lowest BCUT2D eigenvalue weighted by Gasteiger charge is -2.09. The molecule has 0 unspecified atom stereocenters. The van der Waals surface area contributed by atoms with Crippen LogP contribution >= 0.6 is 11.3 Å². The number of ether oxygens (including phenoxy) is 1. The Morgan fingerprint density at radius 2 is 2.00 bits per heavy atom. The van der Waals surface area contributed by atoms with Crippen LogP contribution in [0.4, 0.5) is 0 Å². The summed E-state index contributed by atoms with van der Waals surface area (Å²) < 4.78 is 5.67.